The van der Waals surface area contributed by atoms with Gasteiger partial charge in [0.2, 0.25) is 5.91 Å². The predicted molar refractivity (Wildman–Crippen MR) is 128 cm³/mol. The predicted octanol–water partition coefficient (Wildman–Crippen LogP) is 6.40. The van der Waals surface area contributed by atoms with Gasteiger partial charge in [-0.25, -0.2) is 4.98 Å². The summed E-state index contributed by atoms with van der Waals surface area (Å²) in [5, 5.41) is 13.7. The Hall–Kier alpha value is -3.01. The van der Waals surface area contributed by atoms with E-state index in [0.717, 1.165) is 31.4 Å². The van der Waals surface area contributed by atoms with Gasteiger partial charge in [0.25, 0.3) is 0 Å². The molecule has 0 atom stereocenters. The first-order valence-electron chi connectivity index (χ1n) is 10.5. The van der Waals surface area contributed by atoms with E-state index in [2.05, 4.69) is 11.4 Å². The lowest BCUT2D eigenvalue weighted by Crippen LogP contribution is -2.14. The average Bonchev–Trinajstić information content (AvgIpc) is 3.04. The number of amides is 1. The van der Waals surface area contributed by atoms with Crippen LogP contribution in [0.15, 0.2) is 59.6 Å². The van der Waals surface area contributed by atoms with Gasteiger partial charge in [0, 0.05) is 16.4 Å². The number of aromatic nitrogens is 1. The normalized spacial score (nSPS) is 12.9. The fourth-order valence-electron chi connectivity index (χ4n) is 3.56. The Bertz CT molecular complexity index is 1140. The number of carbonyl (C=O) groups excluding carboxylic acids is 1. The Morgan fingerprint density at radius 1 is 1.06 bits per heavy atom. The Morgan fingerprint density at radius 2 is 1.75 bits per heavy atom. The first-order chi connectivity index (χ1) is 15.6. The summed E-state index contributed by atoms with van der Waals surface area (Å²) in [6.45, 7) is 0. The molecular formula is C25H22ClN3O2S. The number of ether oxygens (including phenoxy) is 1. The number of anilines is 1. The molecule has 7 heteroatoms. The van der Waals surface area contributed by atoms with Crippen molar-refractivity contribution in [2.45, 2.75) is 37.1 Å². The van der Waals surface area contributed by atoms with Crippen molar-refractivity contribution >= 4 is 35.0 Å². The van der Waals surface area contributed by atoms with Gasteiger partial charge >= 0.3 is 0 Å². The van der Waals surface area contributed by atoms with Gasteiger partial charge in [-0.2, -0.15) is 5.26 Å². The third kappa shape index (κ3) is 5.82. The van der Waals surface area contributed by atoms with Crippen LogP contribution in [0.4, 0.5) is 5.69 Å². The van der Waals surface area contributed by atoms with Crippen LogP contribution in [0.25, 0.3) is 0 Å². The number of benzene rings is 2. The molecule has 0 saturated carbocycles. The first kappa shape index (κ1) is 22.2. The number of hydrogen-bond donors (Lipinski definition) is 1. The molecule has 1 aliphatic rings. The molecule has 5 nitrogen and oxygen atoms in total. The SMILES string of the molecule is N#Cc1cc2c(nc1SCC(=O)Nc1ccc(Oc3ccc(Cl)cc3)cc1)CCCCC2. The van der Waals surface area contributed by atoms with Crippen molar-refractivity contribution in [1.29, 1.82) is 5.26 Å². The van der Waals surface area contributed by atoms with Gasteiger partial charge in [-0.1, -0.05) is 29.8 Å². The van der Waals surface area contributed by atoms with E-state index in [9.17, 15) is 10.1 Å². The summed E-state index contributed by atoms with van der Waals surface area (Å²) < 4.78 is 5.76. The van der Waals surface area contributed by atoms with E-state index in [1.165, 1.54) is 23.7 Å². The van der Waals surface area contributed by atoms with Crippen molar-refractivity contribution in [2.75, 3.05) is 11.1 Å². The van der Waals surface area contributed by atoms with Crippen LogP contribution in [-0.2, 0) is 17.6 Å². The van der Waals surface area contributed by atoms with E-state index >= 15 is 0 Å². The number of nitrogens with one attached hydrogen (secondary N) is 1. The molecule has 1 heterocycles. The minimum atomic E-state index is -0.151. The number of halogens is 1. The Labute approximate surface area is 196 Å². The zero-order valence-corrected chi connectivity index (χ0v) is 19.0. The fourth-order valence-corrected chi connectivity index (χ4v) is 4.46. The summed E-state index contributed by atoms with van der Waals surface area (Å²) in [6.07, 6.45) is 5.35. The zero-order chi connectivity index (χ0) is 22.3. The van der Waals surface area contributed by atoms with Crippen molar-refractivity contribution in [3.8, 4) is 17.6 Å². The molecule has 0 radical (unpaired) electrons. The second-order valence-corrected chi connectivity index (χ2v) is 8.94. The highest BCUT2D eigenvalue weighted by Gasteiger charge is 2.15. The third-order valence-corrected chi connectivity index (χ3v) is 6.41. The highest BCUT2D eigenvalue weighted by atomic mass is 35.5. The molecule has 0 aliphatic heterocycles. The molecule has 162 valence electrons. The van der Waals surface area contributed by atoms with E-state index in [1.807, 2.05) is 6.07 Å². The molecule has 0 spiro atoms. The molecule has 1 aromatic heterocycles. The molecule has 0 unspecified atom stereocenters. The van der Waals surface area contributed by atoms with Gasteiger partial charge in [-0.3, -0.25) is 4.79 Å². The van der Waals surface area contributed by atoms with Crippen LogP contribution in [0.5, 0.6) is 11.5 Å². The number of carbonyl (C=O) groups is 1. The average molecular weight is 464 g/mol. The summed E-state index contributed by atoms with van der Waals surface area (Å²) in [5.41, 5.74) is 3.47. The largest absolute Gasteiger partial charge is 0.457 e. The number of aryl methyl sites for hydroxylation is 2. The lowest BCUT2D eigenvalue weighted by molar-refractivity contribution is -0.113. The van der Waals surface area contributed by atoms with E-state index in [4.69, 9.17) is 21.3 Å². The maximum atomic E-state index is 12.5. The van der Waals surface area contributed by atoms with E-state index < -0.39 is 0 Å². The van der Waals surface area contributed by atoms with Gasteiger partial charge in [-0.05, 0) is 85.8 Å². The molecular weight excluding hydrogens is 442 g/mol. The Balaban J connectivity index is 1.34. The molecule has 3 aromatic rings. The lowest BCUT2D eigenvalue weighted by atomic mass is 10.1. The number of rotatable bonds is 6. The molecule has 1 N–H and O–H groups in total. The second kappa shape index (κ2) is 10.5. The molecule has 2 aromatic carbocycles. The quantitative estimate of drug-likeness (QED) is 0.338. The smallest absolute Gasteiger partial charge is 0.234 e. The number of fused-ring (bicyclic) bond motifs is 1. The van der Waals surface area contributed by atoms with Crippen molar-refractivity contribution in [3.63, 3.8) is 0 Å². The standard InChI is InChI=1S/C25H22ClN3O2S/c26-19-6-10-21(11-7-19)31-22-12-8-20(9-13-22)28-24(30)16-32-25-18(15-27)14-17-4-2-1-3-5-23(17)29-25/h6-14H,1-5,16H2,(H,28,30). The van der Waals surface area contributed by atoms with E-state index in [-0.39, 0.29) is 11.7 Å². The van der Waals surface area contributed by atoms with Crippen LogP contribution < -0.4 is 10.1 Å². The molecule has 4 rings (SSSR count). The number of nitriles is 1. The number of hydrogen-bond acceptors (Lipinski definition) is 5. The molecule has 0 saturated heterocycles. The minimum Gasteiger partial charge on any atom is -0.457 e. The molecule has 1 aliphatic carbocycles. The summed E-state index contributed by atoms with van der Waals surface area (Å²) in [6, 6.07) is 18.5. The summed E-state index contributed by atoms with van der Waals surface area (Å²) in [7, 11) is 0. The van der Waals surface area contributed by atoms with Gasteiger partial charge in [-0.15, -0.1) is 0 Å². The summed E-state index contributed by atoms with van der Waals surface area (Å²) >= 11 is 7.19. The first-order valence-corrected chi connectivity index (χ1v) is 11.9. The molecule has 0 bridgehead atoms. The highest BCUT2D eigenvalue weighted by Crippen LogP contribution is 2.28. The highest BCUT2D eigenvalue weighted by molar-refractivity contribution is 8.00. The van der Waals surface area contributed by atoms with Crippen LogP contribution in [0.3, 0.4) is 0 Å². The lowest BCUT2D eigenvalue weighted by Gasteiger charge is -2.10. The third-order valence-electron chi connectivity index (χ3n) is 5.16. The fraction of sp³-hybridized carbons (Fsp3) is 0.240. The van der Waals surface area contributed by atoms with E-state index in [1.54, 1.807) is 48.5 Å². The Morgan fingerprint density at radius 3 is 2.47 bits per heavy atom. The summed E-state index contributed by atoms with van der Waals surface area (Å²) in [4.78, 5) is 17.2. The monoisotopic (exact) mass is 463 g/mol. The molecule has 0 fully saturated rings. The van der Waals surface area contributed by atoms with Gasteiger partial charge < -0.3 is 10.1 Å². The van der Waals surface area contributed by atoms with E-state index in [0.29, 0.717) is 32.8 Å². The van der Waals surface area contributed by atoms with Crippen LogP contribution in [0.2, 0.25) is 5.02 Å². The van der Waals surface area contributed by atoms with Crippen molar-refractivity contribution in [2.24, 2.45) is 0 Å². The van der Waals surface area contributed by atoms with Crippen molar-refractivity contribution < 1.29 is 9.53 Å². The van der Waals surface area contributed by atoms with Crippen molar-refractivity contribution in [1.82, 2.24) is 4.98 Å². The van der Waals surface area contributed by atoms with Crippen LogP contribution in [-0.4, -0.2) is 16.6 Å². The maximum Gasteiger partial charge on any atom is 0.234 e. The summed E-state index contributed by atoms with van der Waals surface area (Å²) in [5.74, 6) is 1.38. The zero-order valence-electron chi connectivity index (χ0n) is 17.4. The maximum absolute atomic E-state index is 12.5. The number of nitrogens with zero attached hydrogens (tertiary/aromatic N) is 2. The topological polar surface area (TPSA) is 75.0 Å². The Kier molecular flexibility index (Phi) is 7.31. The second-order valence-electron chi connectivity index (χ2n) is 7.54. The van der Waals surface area contributed by atoms with Gasteiger partial charge in [0.05, 0.1) is 11.3 Å². The van der Waals surface area contributed by atoms with Crippen molar-refractivity contribution in [3.05, 3.63) is 76.4 Å². The minimum absolute atomic E-state index is 0.151. The van der Waals surface area contributed by atoms with Crippen LogP contribution in [0, 0.1) is 11.3 Å². The van der Waals surface area contributed by atoms with Crippen LogP contribution in [0.1, 0.15) is 36.1 Å². The van der Waals surface area contributed by atoms with Gasteiger partial charge in [0.1, 0.15) is 22.6 Å². The number of pyridine rings is 1. The number of thioether (sulfide) groups is 1. The molecule has 32 heavy (non-hydrogen) atoms. The van der Waals surface area contributed by atoms with Gasteiger partial charge in [0.15, 0.2) is 0 Å². The molecule has 1 amide bonds. The van der Waals surface area contributed by atoms with Crippen LogP contribution >= 0.6 is 23.4 Å².